The number of para-hydroxylation sites is 1. The third-order valence-corrected chi connectivity index (χ3v) is 4.88. The quantitative estimate of drug-likeness (QED) is 0.601. The third-order valence-electron chi connectivity index (χ3n) is 3.96. The number of methoxy groups -OCH3 is 3. The fourth-order valence-electron chi connectivity index (χ4n) is 2.58. The van der Waals surface area contributed by atoms with Crippen LogP contribution < -0.4 is 14.2 Å². The number of hydrogen-bond acceptors (Lipinski definition) is 8. The predicted molar refractivity (Wildman–Crippen MR) is 104 cm³/mol. The van der Waals surface area contributed by atoms with Crippen LogP contribution in [-0.2, 0) is 11.3 Å². The molecule has 0 spiro atoms. The van der Waals surface area contributed by atoms with Gasteiger partial charge in [0.1, 0.15) is 28.7 Å². The van der Waals surface area contributed by atoms with Gasteiger partial charge in [-0.25, -0.2) is 9.78 Å². The van der Waals surface area contributed by atoms with Gasteiger partial charge < -0.3 is 24.1 Å². The number of phenolic OH excluding ortho intramolecular Hbond substituents is 1. The number of aromatic hydroxyl groups is 1. The Morgan fingerprint density at radius 1 is 1.11 bits per heavy atom. The maximum absolute atomic E-state index is 12.3. The number of carbonyl (C=O) groups is 1. The first kappa shape index (κ1) is 19.5. The molecule has 0 saturated heterocycles. The van der Waals surface area contributed by atoms with Crippen LogP contribution in [0.5, 0.6) is 23.0 Å². The number of hydrogen-bond donors (Lipinski definition) is 1. The molecule has 0 atom stereocenters. The van der Waals surface area contributed by atoms with Crippen molar-refractivity contribution in [3.8, 4) is 33.6 Å². The van der Waals surface area contributed by atoms with E-state index in [1.54, 1.807) is 31.7 Å². The molecule has 0 saturated carbocycles. The second-order valence-corrected chi connectivity index (χ2v) is 6.50. The SMILES string of the molecule is COc1ccc(O)c(C(=O)OCc2csc(-c3cccc(OC)c3OC)n2)c1. The van der Waals surface area contributed by atoms with E-state index >= 15 is 0 Å². The molecule has 0 radical (unpaired) electrons. The summed E-state index contributed by atoms with van der Waals surface area (Å²) in [5.41, 5.74) is 1.40. The first-order chi connectivity index (χ1) is 13.6. The Morgan fingerprint density at radius 2 is 1.93 bits per heavy atom. The highest BCUT2D eigenvalue weighted by molar-refractivity contribution is 7.13. The first-order valence-corrected chi connectivity index (χ1v) is 9.15. The highest BCUT2D eigenvalue weighted by Crippen LogP contribution is 2.39. The molecule has 7 nitrogen and oxygen atoms in total. The molecule has 0 aliphatic carbocycles. The van der Waals surface area contributed by atoms with Crippen LogP contribution in [-0.4, -0.2) is 37.4 Å². The number of aromatic nitrogens is 1. The van der Waals surface area contributed by atoms with Crippen LogP contribution in [0, 0.1) is 0 Å². The summed E-state index contributed by atoms with van der Waals surface area (Å²) in [5.74, 6) is 0.808. The lowest BCUT2D eigenvalue weighted by Gasteiger charge is -2.10. The van der Waals surface area contributed by atoms with E-state index in [0.717, 1.165) is 5.56 Å². The van der Waals surface area contributed by atoms with Crippen molar-refractivity contribution < 1.29 is 28.8 Å². The van der Waals surface area contributed by atoms with E-state index in [1.807, 2.05) is 12.1 Å². The normalized spacial score (nSPS) is 10.4. The number of rotatable bonds is 7. The minimum absolute atomic E-state index is 0.0295. The van der Waals surface area contributed by atoms with Crippen LogP contribution in [0.4, 0.5) is 0 Å². The molecule has 0 aliphatic rings. The molecule has 1 heterocycles. The van der Waals surface area contributed by atoms with E-state index < -0.39 is 5.97 Å². The maximum Gasteiger partial charge on any atom is 0.342 e. The highest BCUT2D eigenvalue weighted by Gasteiger charge is 2.17. The molecule has 2 aromatic carbocycles. The minimum atomic E-state index is -0.662. The van der Waals surface area contributed by atoms with Gasteiger partial charge >= 0.3 is 5.97 Å². The Bertz CT molecular complexity index is 985. The van der Waals surface area contributed by atoms with Crippen molar-refractivity contribution in [2.45, 2.75) is 6.61 Å². The Kier molecular flexibility index (Phi) is 6.00. The molecule has 0 amide bonds. The lowest BCUT2D eigenvalue weighted by Crippen LogP contribution is -2.06. The summed E-state index contributed by atoms with van der Waals surface area (Å²) in [6.07, 6.45) is 0. The van der Waals surface area contributed by atoms with Crippen LogP contribution in [0.25, 0.3) is 10.6 Å². The number of benzene rings is 2. The molecule has 28 heavy (non-hydrogen) atoms. The van der Waals surface area contributed by atoms with Gasteiger partial charge in [-0.3, -0.25) is 0 Å². The fraction of sp³-hybridized carbons (Fsp3) is 0.200. The largest absolute Gasteiger partial charge is 0.507 e. The average Bonchev–Trinajstić information content (AvgIpc) is 3.20. The Balaban J connectivity index is 1.75. The Labute approximate surface area is 166 Å². The van der Waals surface area contributed by atoms with E-state index in [-0.39, 0.29) is 17.9 Å². The van der Waals surface area contributed by atoms with Crippen LogP contribution in [0.3, 0.4) is 0 Å². The first-order valence-electron chi connectivity index (χ1n) is 8.27. The summed E-state index contributed by atoms with van der Waals surface area (Å²) in [7, 11) is 4.62. The Morgan fingerprint density at radius 3 is 2.64 bits per heavy atom. The van der Waals surface area contributed by atoms with E-state index in [4.69, 9.17) is 18.9 Å². The summed E-state index contributed by atoms with van der Waals surface area (Å²) < 4.78 is 21.1. The van der Waals surface area contributed by atoms with Crippen molar-refractivity contribution in [1.82, 2.24) is 4.98 Å². The maximum atomic E-state index is 12.3. The monoisotopic (exact) mass is 401 g/mol. The average molecular weight is 401 g/mol. The topological polar surface area (TPSA) is 87.1 Å². The van der Waals surface area contributed by atoms with Gasteiger partial charge in [-0.1, -0.05) is 6.07 Å². The molecule has 0 aliphatic heterocycles. The lowest BCUT2D eigenvalue weighted by atomic mass is 10.2. The number of ether oxygens (including phenoxy) is 4. The molecule has 146 valence electrons. The second-order valence-electron chi connectivity index (χ2n) is 5.64. The number of nitrogens with zero attached hydrogens (tertiary/aromatic N) is 1. The number of thiazole rings is 1. The second kappa shape index (κ2) is 8.62. The van der Waals surface area contributed by atoms with E-state index in [1.165, 1.54) is 30.6 Å². The zero-order valence-corrected chi connectivity index (χ0v) is 16.4. The summed E-state index contributed by atoms with van der Waals surface area (Å²) in [6.45, 7) is -0.0295. The van der Waals surface area contributed by atoms with Crippen molar-refractivity contribution in [3.63, 3.8) is 0 Å². The zero-order chi connectivity index (χ0) is 20.1. The third kappa shape index (κ3) is 4.01. The van der Waals surface area contributed by atoms with Crippen LogP contribution in [0.1, 0.15) is 16.1 Å². The van der Waals surface area contributed by atoms with Crippen molar-refractivity contribution in [3.05, 3.63) is 53.0 Å². The zero-order valence-electron chi connectivity index (χ0n) is 15.6. The van der Waals surface area contributed by atoms with E-state index in [0.29, 0.717) is 28.0 Å². The molecule has 3 rings (SSSR count). The van der Waals surface area contributed by atoms with Crippen molar-refractivity contribution in [2.75, 3.05) is 21.3 Å². The molecule has 0 unspecified atom stereocenters. The van der Waals surface area contributed by atoms with Crippen LogP contribution in [0.15, 0.2) is 41.8 Å². The molecular formula is C20H19NO6S. The summed E-state index contributed by atoms with van der Waals surface area (Å²) in [6, 6.07) is 9.89. The number of carbonyl (C=O) groups excluding carboxylic acids is 1. The summed E-state index contributed by atoms with van der Waals surface area (Å²) in [5, 5.41) is 12.4. The van der Waals surface area contributed by atoms with Gasteiger partial charge in [-0.15, -0.1) is 11.3 Å². The fourth-order valence-corrected chi connectivity index (χ4v) is 3.40. The summed E-state index contributed by atoms with van der Waals surface area (Å²) in [4.78, 5) is 16.8. The van der Waals surface area contributed by atoms with Crippen molar-refractivity contribution in [2.24, 2.45) is 0 Å². The van der Waals surface area contributed by atoms with Crippen molar-refractivity contribution in [1.29, 1.82) is 0 Å². The number of phenols is 1. The van der Waals surface area contributed by atoms with Crippen LogP contribution in [0.2, 0.25) is 0 Å². The van der Waals surface area contributed by atoms with Gasteiger partial charge in [0.25, 0.3) is 0 Å². The lowest BCUT2D eigenvalue weighted by molar-refractivity contribution is 0.0464. The van der Waals surface area contributed by atoms with Gasteiger partial charge in [-0.2, -0.15) is 0 Å². The molecular weight excluding hydrogens is 382 g/mol. The van der Waals surface area contributed by atoms with Crippen molar-refractivity contribution >= 4 is 17.3 Å². The van der Waals surface area contributed by atoms with Gasteiger partial charge in [0.05, 0.1) is 32.6 Å². The molecule has 0 bridgehead atoms. The van der Waals surface area contributed by atoms with Gasteiger partial charge in [0.15, 0.2) is 11.5 Å². The Hall–Kier alpha value is -3.26. The molecule has 1 aromatic heterocycles. The number of esters is 1. The van der Waals surface area contributed by atoms with E-state index in [2.05, 4.69) is 4.98 Å². The smallest absolute Gasteiger partial charge is 0.342 e. The molecule has 1 N–H and O–H groups in total. The predicted octanol–water partition coefficient (Wildman–Crippen LogP) is 3.90. The van der Waals surface area contributed by atoms with Gasteiger partial charge in [0, 0.05) is 5.38 Å². The summed E-state index contributed by atoms with van der Waals surface area (Å²) >= 11 is 1.40. The van der Waals surface area contributed by atoms with Gasteiger partial charge in [-0.05, 0) is 30.3 Å². The molecule has 8 heteroatoms. The molecule has 0 fully saturated rings. The standard InChI is InChI=1S/C20H19NO6S/c1-24-13-7-8-16(22)15(9-13)20(23)27-10-12-11-28-19(21-12)14-5-4-6-17(25-2)18(14)26-3/h4-9,11,22H,10H2,1-3H3. The highest BCUT2D eigenvalue weighted by atomic mass is 32.1. The van der Waals surface area contributed by atoms with E-state index in [9.17, 15) is 9.90 Å². The van der Waals surface area contributed by atoms with Gasteiger partial charge in [0.2, 0.25) is 0 Å². The minimum Gasteiger partial charge on any atom is -0.507 e. The molecule has 3 aromatic rings. The van der Waals surface area contributed by atoms with Crippen LogP contribution >= 0.6 is 11.3 Å².